The van der Waals surface area contributed by atoms with E-state index in [-0.39, 0.29) is 12.0 Å². The van der Waals surface area contributed by atoms with Crippen LogP contribution in [0.5, 0.6) is 5.75 Å². The Bertz CT molecular complexity index is 717. The average molecular weight is 367 g/mol. The second kappa shape index (κ2) is 9.56. The van der Waals surface area contributed by atoms with E-state index in [2.05, 4.69) is 34.5 Å². The number of hydrogen-bond acceptors (Lipinski definition) is 3. The molecule has 0 aliphatic carbocycles. The van der Waals surface area contributed by atoms with Crippen LogP contribution in [0.1, 0.15) is 54.6 Å². The Labute approximate surface area is 162 Å². The fourth-order valence-corrected chi connectivity index (χ4v) is 3.38. The Morgan fingerprint density at radius 2 is 1.59 bits per heavy atom. The standard InChI is InChI=1S/C23H30N2O2/c1-18(2)27-22-12-10-21(11-13-22)23(26)24-16-19-6-8-20(9-7-19)17-25-14-4-3-5-15-25/h6-13,18H,3-5,14-17H2,1-2H3,(H,24,26). The van der Waals surface area contributed by atoms with Crippen LogP contribution in [-0.2, 0) is 13.1 Å². The highest BCUT2D eigenvalue weighted by Gasteiger charge is 2.10. The van der Waals surface area contributed by atoms with E-state index in [1.54, 1.807) is 12.1 Å². The summed E-state index contributed by atoms with van der Waals surface area (Å²) in [5.41, 5.74) is 3.10. The highest BCUT2D eigenvalue weighted by molar-refractivity contribution is 5.94. The molecule has 0 radical (unpaired) electrons. The van der Waals surface area contributed by atoms with Gasteiger partial charge in [-0.2, -0.15) is 0 Å². The first kappa shape index (κ1) is 19.4. The zero-order valence-electron chi connectivity index (χ0n) is 16.4. The molecule has 0 unspecified atom stereocenters. The van der Waals surface area contributed by atoms with E-state index in [1.807, 2.05) is 26.0 Å². The number of hydrogen-bond donors (Lipinski definition) is 1. The molecular formula is C23H30N2O2. The minimum Gasteiger partial charge on any atom is -0.491 e. The first-order valence-electron chi connectivity index (χ1n) is 9.95. The van der Waals surface area contributed by atoms with Crippen molar-refractivity contribution in [3.8, 4) is 5.75 Å². The molecule has 1 amide bonds. The molecule has 2 aromatic rings. The fraction of sp³-hybridized carbons (Fsp3) is 0.435. The summed E-state index contributed by atoms with van der Waals surface area (Å²) in [5, 5.41) is 2.99. The van der Waals surface area contributed by atoms with E-state index in [1.165, 1.54) is 37.9 Å². The molecule has 1 aliphatic heterocycles. The lowest BCUT2D eigenvalue weighted by atomic mass is 10.1. The van der Waals surface area contributed by atoms with Crippen molar-refractivity contribution in [3.63, 3.8) is 0 Å². The lowest BCUT2D eigenvalue weighted by molar-refractivity contribution is 0.0951. The Kier molecular flexibility index (Phi) is 6.88. The molecular weight excluding hydrogens is 336 g/mol. The Morgan fingerprint density at radius 1 is 0.963 bits per heavy atom. The van der Waals surface area contributed by atoms with Crippen LogP contribution in [-0.4, -0.2) is 30.0 Å². The lowest BCUT2D eigenvalue weighted by Gasteiger charge is -2.26. The molecule has 0 atom stereocenters. The van der Waals surface area contributed by atoms with Crippen molar-refractivity contribution in [2.24, 2.45) is 0 Å². The molecule has 0 bridgehead atoms. The van der Waals surface area contributed by atoms with Gasteiger partial charge in [-0.15, -0.1) is 0 Å². The number of amides is 1. The van der Waals surface area contributed by atoms with Gasteiger partial charge in [0.05, 0.1) is 6.10 Å². The van der Waals surface area contributed by atoms with Crippen molar-refractivity contribution in [1.29, 1.82) is 0 Å². The molecule has 2 aromatic carbocycles. The maximum absolute atomic E-state index is 12.3. The molecule has 1 fully saturated rings. The zero-order valence-corrected chi connectivity index (χ0v) is 16.4. The summed E-state index contributed by atoms with van der Waals surface area (Å²) in [7, 11) is 0. The van der Waals surface area contributed by atoms with E-state index in [0.29, 0.717) is 12.1 Å². The number of likely N-dealkylation sites (tertiary alicyclic amines) is 1. The summed E-state index contributed by atoms with van der Waals surface area (Å²) < 4.78 is 5.61. The minimum atomic E-state index is -0.0662. The normalized spacial score (nSPS) is 14.9. The van der Waals surface area contributed by atoms with Crippen LogP contribution >= 0.6 is 0 Å². The van der Waals surface area contributed by atoms with Crippen molar-refractivity contribution < 1.29 is 9.53 Å². The van der Waals surface area contributed by atoms with Gasteiger partial charge in [0.15, 0.2) is 0 Å². The summed E-state index contributed by atoms with van der Waals surface area (Å²) in [4.78, 5) is 14.8. The van der Waals surface area contributed by atoms with E-state index in [9.17, 15) is 4.79 Å². The van der Waals surface area contributed by atoms with Crippen molar-refractivity contribution in [2.45, 2.75) is 52.3 Å². The van der Waals surface area contributed by atoms with Crippen LogP contribution in [0.25, 0.3) is 0 Å². The predicted molar refractivity (Wildman–Crippen MR) is 109 cm³/mol. The fourth-order valence-electron chi connectivity index (χ4n) is 3.38. The maximum Gasteiger partial charge on any atom is 0.251 e. The average Bonchev–Trinajstić information content (AvgIpc) is 2.68. The van der Waals surface area contributed by atoms with Gasteiger partial charge in [0.2, 0.25) is 0 Å². The second-order valence-electron chi connectivity index (χ2n) is 7.53. The van der Waals surface area contributed by atoms with Crippen LogP contribution in [0.3, 0.4) is 0 Å². The number of piperidine rings is 1. The number of nitrogens with one attached hydrogen (secondary N) is 1. The third kappa shape index (κ3) is 6.10. The predicted octanol–water partition coefficient (Wildman–Crippen LogP) is 4.39. The molecule has 1 aliphatic rings. The molecule has 27 heavy (non-hydrogen) atoms. The number of rotatable bonds is 7. The van der Waals surface area contributed by atoms with Crippen LogP contribution in [0, 0.1) is 0 Å². The molecule has 1 N–H and O–H groups in total. The van der Waals surface area contributed by atoms with Crippen molar-refractivity contribution in [2.75, 3.05) is 13.1 Å². The van der Waals surface area contributed by atoms with E-state index in [0.717, 1.165) is 17.9 Å². The Balaban J connectivity index is 1.48. The van der Waals surface area contributed by atoms with Crippen LogP contribution in [0.15, 0.2) is 48.5 Å². The first-order valence-corrected chi connectivity index (χ1v) is 9.95. The molecule has 0 aromatic heterocycles. The summed E-state index contributed by atoms with van der Waals surface area (Å²) in [6, 6.07) is 15.8. The van der Waals surface area contributed by atoms with Gasteiger partial charge >= 0.3 is 0 Å². The molecule has 1 heterocycles. The Hall–Kier alpha value is -2.33. The zero-order chi connectivity index (χ0) is 19.1. The van der Waals surface area contributed by atoms with Crippen molar-refractivity contribution in [1.82, 2.24) is 10.2 Å². The highest BCUT2D eigenvalue weighted by Crippen LogP contribution is 2.15. The van der Waals surface area contributed by atoms with Crippen LogP contribution < -0.4 is 10.1 Å². The monoisotopic (exact) mass is 366 g/mol. The minimum absolute atomic E-state index is 0.0662. The molecule has 1 saturated heterocycles. The SMILES string of the molecule is CC(C)Oc1ccc(C(=O)NCc2ccc(CN3CCCCC3)cc2)cc1. The van der Waals surface area contributed by atoms with Gasteiger partial charge in [-0.05, 0) is 75.2 Å². The number of carbonyl (C=O) groups excluding carboxylic acids is 1. The highest BCUT2D eigenvalue weighted by atomic mass is 16.5. The van der Waals surface area contributed by atoms with E-state index in [4.69, 9.17) is 4.74 Å². The van der Waals surface area contributed by atoms with Crippen LogP contribution in [0.2, 0.25) is 0 Å². The second-order valence-corrected chi connectivity index (χ2v) is 7.53. The molecule has 0 spiro atoms. The molecule has 0 saturated carbocycles. The van der Waals surface area contributed by atoms with Gasteiger partial charge < -0.3 is 10.1 Å². The summed E-state index contributed by atoms with van der Waals surface area (Å²) >= 11 is 0. The molecule has 144 valence electrons. The Morgan fingerprint density at radius 3 is 2.22 bits per heavy atom. The lowest BCUT2D eigenvalue weighted by Crippen LogP contribution is -2.29. The van der Waals surface area contributed by atoms with Gasteiger partial charge in [0.1, 0.15) is 5.75 Å². The van der Waals surface area contributed by atoms with Crippen molar-refractivity contribution >= 4 is 5.91 Å². The van der Waals surface area contributed by atoms with E-state index >= 15 is 0 Å². The first-order chi connectivity index (χ1) is 13.1. The largest absolute Gasteiger partial charge is 0.491 e. The molecule has 3 rings (SSSR count). The molecule has 4 nitrogen and oxygen atoms in total. The summed E-state index contributed by atoms with van der Waals surface area (Å²) in [5.74, 6) is 0.717. The topological polar surface area (TPSA) is 41.6 Å². The van der Waals surface area contributed by atoms with E-state index < -0.39 is 0 Å². The number of benzene rings is 2. The third-order valence-electron chi connectivity index (χ3n) is 4.82. The summed E-state index contributed by atoms with van der Waals surface area (Å²) in [6.45, 7) is 7.94. The van der Waals surface area contributed by atoms with Crippen molar-refractivity contribution in [3.05, 3.63) is 65.2 Å². The number of carbonyl (C=O) groups is 1. The van der Waals surface area contributed by atoms with Gasteiger partial charge in [0.25, 0.3) is 5.91 Å². The van der Waals surface area contributed by atoms with Gasteiger partial charge in [-0.3, -0.25) is 9.69 Å². The van der Waals surface area contributed by atoms with Gasteiger partial charge in [0, 0.05) is 18.7 Å². The smallest absolute Gasteiger partial charge is 0.251 e. The van der Waals surface area contributed by atoms with Gasteiger partial charge in [-0.1, -0.05) is 30.7 Å². The van der Waals surface area contributed by atoms with Gasteiger partial charge in [-0.25, -0.2) is 0 Å². The molecule has 4 heteroatoms. The number of nitrogens with zero attached hydrogens (tertiary/aromatic N) is 1. The van der Waals surface area contributed by atoms with Crippen LogP contribution in [0.4, 0.5) is 0 Å². The maximum atomic E-state index is 12.3. The summed E-state index contributed by atoms with van der Waals surface area (Å²) in [6.07, 6.45) is 4.12. The third-order valence-corrected chi connectivity index (χ3v) is 4.82. The number of ether oxygens (including phenoxy) is 1. The quantitative estimate of drug-likeness (QED) is 0.790.